The predicted octanol–water partition coefficient (Wildman–Crippen LogP) is 3.30. The van der Waals surface area contributed by atoms with E-state index < -0.39 is 11.5 Å². The van der Waals surface area contributed by atoms with Gasteiger partial charge in [-0.15, -0.1) is 0 Å². The lowest BCUT2D eigenvalue weighted by atomic mass is 9.97. The van der Waals surface area contributed by atoms with Crippen LogP contribution in [0.4, 0.5) is 5.69 Å². The van der Waals surface area contributed by atoms with Crippen LogP contribution in [0.3, 0.4) is 0 Å². The second-order valence-corrected chi connectivity index (χ2v) is 4.52. The number of anilines is 1. The van der Waals surface area contributed by atoms with Crippen LogP contribution in [0.15, 0.2) is 24.3 Å². The Bertz CT molecular complexity index is 390. The summed E-state index contributed by atoms with van der Waals surface area (Å²) in [5.41, 5.74) is 1.21. The molecule has 0 bridgehead atoms. The number of aryl methyl sites for hydroxylation is 1. The molecule has 0 amide bonds. The van der Waals surface area contributed by atoms with Gasteiger partial charge < -0.3 is 10.4 Å². The summed E-state index contributed by atoms with van der Waals surface area (Å²) in [7, 11) is 0. The first-order valence-corrected chi connectivity index (χ1v) is 6.13. The Balaban J connectivity index is 2.97. The molecule has 1 aromatic carbocycles. The summed E-state index contributed by atoms with van der Waals surface area (Å²) in [6.07, 6.45) is 2.56. The Morgan fingerprint density at radius 1 is 1.35 bits per heavy atom. The molecule has 0 radical (unpaired) electrons. The van der Waals surface area contributed by atoms with E-state index in [1.54, 1.807) is 6.92 Å². The lowest BCUT2D eigenvalue weighted by Crippen LogP contribution is -2.42. The minimum atomic E-state index is -0.899. The van der Waals surface area contributed by atoms with Crippen LogP contribution in [0.1, 0.15) is 39.2 Å². The van der Waals surface area contributed by atoms with Crippen LogP contribution in [-0.4, -0.2) is 16.6 Å². The van der Waals surface area contributed by atoms with Gasteiger partial charge in [-0.25, -0.2) is 4.79 Å². The van der Waals surface area contributed by atoms with Crippen LogP contribution in [0.25, 0.3) is 0 Å². The van der Waals surface area contributed by atoms with Gasteiger partial charge in [0.1, 0.15) is 5.54 Å². The monoisotopic (exact) mass is 235 g/mol. The zero-order chi connectivity index (χ0) is 12.9. The standard InChI is InChI=1S/C14H21NO2/c1-4-8-11-9-6-7-10-12(11)15-14(3,5-2)13(16)17/h6-7,9-10,15H,4-5,8H2,1-3H3,(H,16,17). The van der Waals surface area contributed by atoms with E-state index in [2.05, 4.69) is 12.2 Å². The van der Waals surface area contributed by atoms with E-state index in [0.717, 1.165) is 18.5 Å². The van der Waals surface area contributed by atoms with E-state index in [9.17, 15) is 9.90 Å². The maximum atomic E-state index is 11.3. The molecule has 94 valence electrons. The molecule has 1 atom stereocenters. The van der Waals surface area contributed by atoms with Gasteiger partial charge in [0, 0.05) is 5.69 Å². The summed E-state index contributed by atoms with van der Waals surface area (Å²) in [6, 6.07) is 7.91. The molecule has 0 aliphatic carbocycles. The summed E-state index contributed by atoms with van der Waals surface area (Å²) in [5, 5.41) is 12.4. The lowest BCUT2D eigenvalue weighted by molar-refractivity contribution is -0.141. The molecule has 0 spiro atoms. The van der Waals surface area contributed by atoms with Crippen LogP contribution < -0.4 is 5.32 Å². The van der Waals surface area contributed by atoms with E-state index >= 15 is 0 Å². The van der Waals surface area contributed by atoms with Gasteiger partial charge in [-0.05, 0) is 31.4 Å². The number of hydrogen-bond donors (Lipinski definition) is 2. The Labute approximate surface area is 103 Å². The number of hydrogen-bond acceptors (Lipinski definition) is 2. The van der Waals surface area contributed by atoms with Gasteiger partial charge in [-0.1, -0.05) is 38.5 Å². The number of aliphatic carboxylic acids is 1. The second-order valence-electron chi connectivity index (χ2n) is 4.52. The fourth-order valence-electron chi connectivity index (χ4n) is 1.72. The maximum absolute atomic E-state index is 11.3. The normalized spacial score (nSPS) is 14.1. The number of benzene rings is 1. The van der Waals surface area contributed by atoms with Crippen LogP contribution in [0.2, 0.25) is 0 Å². The van der Waals surface area contributed by atoms with Gasteiger partial charge in [0.25, 0.3) is 0 Å². The third-order valence-electron chi connectivity index (χ3n) is 3.13. The van der Waals surface area contributed by atoms with Gasteiger partial charge in [-0.3, -0.25) is 0 Å². The lowest BCUT2D eigenvalue weighted by Gasteiger charge is -2.27. The molecular weight excluding hydrogens is 214 g/mol. The van der Waals surface area contributed by atoms with E-state index in [1.807, 2.05) is 31.2 Å². The summed E-state index contributed by atoms with van der Waals surface area (Å²) in [6.45, 7) is 5.72. The SMILES string of the molecule is CCCc1ccccc1NC(C)(CC)C(=O)O. The molecule has 0 saturated carbocycles. The average molecular weight is 235 g/mol. The molecule has 0 aromatic heterocycles. The Morgan fingerprint density at radius 3 is 2.53 bits per heavy atom. The summed E-state index contributed by atoms with van der Waals surface area (Å²) >= 11 is 0. The van der Waals surface area contributed by atoms with Crippen molar-refractivity contribution in [3.05, 3.63) is 29.8 Å². The summed E-state index contributed by atoms with van der Waals surface area (Å²) in [4.78, 5) is 11.3. The maximum Gasteiger partial charge on any atom is 0.329 e. The summed E-state index contributed by atoms with van der Waals surface area (Å²) < 4.78 is 0. The minimum absolute atomic E-state index is 0.544. The first kappa shape index (κ1) is 13.6. The van der Waals surface area contributed by atoms with E-state index in [-0.39, 0.29) is 0 Å². The molecule has 1 aromatic rings. The predicted molar refractivity (Wildman–Crippen MR) is 70.4 cm³/mol. The number of carboxylic acids is 1. The minimum Gasteiger partial charge on any atom is -0.480 e. The fourth-order valence-corrected chi connectivity index (χ4v) is 1.72. The molecule has 1 unspecified atom stereocenters. The van der Waals surface area contributed by atoms with Crippen LogP contribution in [0, 0.1) is 0 Å². The topological polar surface area (TPSA) is 49.3 Å². The Hall–Kier alpha value is -1.51. The van der Waals surface area contributed by atoms with E-state index in [4.69, 9.17) is 0 Å². The quantitative estimate of drug-likeness (QED) is 0.795. The van der Waals surface area contributed by atoms with Gasteiger partial charge in [0.15, 0.2) is 0 Å². The molecule has 17 heavy (non-hydrogen) atoms. The van der Waals surface area contributed by atoms with Gasteiger partial charge in [-0.2, -0.15) is 0 Å². The number of carboxylic acid groups (broad SMARTS) is 1. The Kier molecular flexibility index (Phi) is 4.55. The van der Waals surface area contributed by atoms with Crippen molar-refractivity contribution in [2.45, 2.75) is 45.6 Å². The highest BCUT2D eigenvalue weighted by Gasteiger charge is 2.31. The van der Waals surface area contributed by atoms with E-state index in [0.29, 0.717) is 6.42 Å². The first-order valence-electron chi connectivity index (χ1n) is 6.13. The molecule has 3 nitrogen and oxygen atoms in total. The first-order chi connectivity index (χ1) is 8.03. The highest BCUT2D eigenvalue weighted by atomic mass is 16.4. The van der Waals surface area contributed by atoms with E-state index in [1.165, 1.54) is 5.56 Å². The Morgan fingerprint density at radius 2 is 2.00 bits per heavy atom. The molecule has 1 rings (SSSR count). The molecule has 0 saturated heterocycles. The molecule has 0 aliphatic heterocycles. The zero-order valence-electron chi connectivity index (χ0n) is 10.8. The van der Waals surface area contributed by atoms with Crippen molar-refractivity contribution in [3.8, 4) is 0 Å². The molecule has 0 heterocycles. The smallest absolute Gasteiger partial charge is 0.329 e. The van der Waals surface area contributed by atoms with Crippen molar-refractivity contribution in [1.82, 2.24) is 0 Å². The molecule has 0 aliphatic rings. The number of nitrogens with one attached hydrogen (secondary N) is 1. The highest BCUT2D eigenvalue weighted by molar-refractivity contribution is 5.82. The van der Waals surface area contributed by atoms with Crippen LogP contribution in [-0.2, 0) is 11.2 Å². The molecule has 2 N–H and O–H groups in total. The zero-order valence-corrected chi connectivity index (χ0v) is 10.8. The van der Waals surface area contributed by atoms with Crippen LogP contribution >= 0.6 is 0 Å². The molecule has 0 fully saturated rings. The number of para-hydroxylation sites is 1. The highest BCUT2D eigenvalue weighted by Crippen LogP contribution is 2.23. The summed E-state index contributed by atoms with van der Waals surface area (Å²) in [5.74, 6) is -0.814. The number of carbonyl (C=O) groups is 1. The van der Waals surface area contributed by atoms with Crippen molar-refractivity contribution < 1.29 is 9.90 Å². The largest absolute Gasteiger partial charge is 0.480 e. The number of rotatable bonds is 6. The van der Waals surface area contributed by atoms with Crippen LogP contribution in [0.5, 0.6) is 0 Å². The third-order valence-corrected chi connectivity index (χ3v) is 3.13. The van der Waals surface area contributed by atoms with Crippen molar-refractivity contribution in [1.29, 1.82) is 0 Å². The van der Waals surface area contributed by atoms with Gasteiger partial charge >= 0.3 is 5.97 Å². The van der Waals surface area contributed by atoms with Crippen molar-refractivity contribution >= 4 is 11.7 Å². The van der Waals surface area contributed by atoms with Gasteiger partial charge in [0.05, 0.1) is 0 Å². The third kappa shape index (κ3) is 3.22. The molecular formula is C14H21NO2. The average Bonchev–Trinajstić information content (AvgIpc) is 2.31. The van der Waals surface area contributed by atoms with Gasteiger partial charge in [0.2, 0.25) is 0 Å². The fraction of sp³-hybridized carbons (Fsp3) is 0.500. The van der Waals surface area contributed by atoms with Crippen molar-refractivity contribution in [3.63, 3.8) is 0 Å². The molecule has 3 heteroatoms. The van der Waals surface area contributed by atoms with Crippen molar-refractivity contribution in [2.24, 2.45) is 0 Å². The van der Waals surface area contributed by atoms with Crippen molar-refractivity contribution in [2.75, 3.05) is 5.32 Å². The second kappa shape index (κ2) is 5.71.